The van der Waals surface area contributed by atoms with Gasteiger partial charge < -0.3 is 4.74 Å². The maximum Gasteiger partial charge on any atom is 0.206 e. The molecule has 0 radical (unpaired) electrons. The molecule has 0 amide bonds. The summed E-state index contributed by atoms with van der Waals surface area (Å²) >= 11 is 3.24. The standard InChI is InChI=1S/C8H12BrNO/c1-4-5-6-8(9)10-7(2)11-3/h5-6H,2,4H2,1,3H3/b6-5-,10-8?. The van der Waals surface area contributed by atoms with Crippen LogP contribution in [0.5, 0.6) is 0 Å². The van der Waals surface area contributed by atoms with Gasteiger partial charge in [-0.2, -0.15) is 0 Å². The quantitative estimate of drug-likeness (QED) is 0.525. The van der Waals surface area contributed by atoms with Gasteiger partial charge in [-0.05, 0) is 35.0 Å². The third kappa shape index (κ3) is 5.85. The van der Waals surface area contributed by atoms with Gasteiger partial charge in [0.25, 0.3) is 0 Å². The lowest BCUT2D eigenvalue weighted by molar-refractivity contribution is 0.291. The highest BCUT2D eigenvalue weighted by Crippen LogP contribution is 2.00. The number of hydrogen-bond donors (Lipinski definition) is 0. The Labute approximate surface area is 75.8 Å². The molecule has 0 atom stereocenters. The van der Waals surface area contributed by atoms with E-state index in [-0.39, 0.29) is 0 Å². The van der Waals surface area contributed by atoms with Crippen molar-refractivity contribution in [2.24, 2.45) is 4.99 Å². The van der Waals surface area contributed by atoms with Crippen LogP contribution in [-0.2, 0) is 4.74 Å². The van der Waals surface area contributed by atoms with Gasteiger partial charge in [0.2, 0.25) is 5.88 Å². The highest BCUT2D eigenvalue weighted by molar-refractivity contribution is 9.18. The molecule has 0 saturated heterocycles. The predicted octanol–water partition coefficient (Wildman–Crippen LogP) is 2.86. The van der Waals surface area contributed by atoms with E-state index in [1.807, 2.05) is 12.2 Å². The molecule has 0 aromatic rings. The molecule has 0 N–H and O–H groups in total. The van der Waals surface area contributed by atoms with Gasteiger partial charge in [-0.15, -0.1) is 0 Å². The largest absolute Gasteiger partial charge is 0.481 e. The smallest absolute Gasteiger partial charge is 0.206 e. The fraction of sp³-hybridized carbons (Fsp3) is 0.375. The summed E-state index contributed by atoms with van der Waals surface area (Å²) in [4.78, 5) is 3.96. The minimum absolute atomic E-state index is 0.401. The average molecular weight is 218 g/mol. The van der Waals surface area contributed by atoms with Crippen molar-refractivity contribution in [2.75, 3.05) is 7.11 Å². The Bertz CT molecular complexity index is 185. The van der Waals surface area contributed by atoms with E-state index in [4.69, 9.17) is 4.74 Å². The van der Waals surface area contributed by atoms with Crippen molar-refractivity contribution in [3.8, 4) is 0 Å². The SMILES string of the molecule is C=C(N=C(Br)/C=C\CC)OC. The molecule has 0 unspecified atom stereocenters. The van der Waals surface area contributed by atoms with Gasteiger partial charge in [0, 0.05) is 0 Å². The zero-order valence-electron chi connectivity index (χ0n) is 6.80. The van der Waals surface area contributed by atoms with Crippen molar-refractivity contribution in [3.63, 3.8) is 0 Å². The first kappa shape index (κ1) is 10.4. The van der Waals surface area contributed by atoms with Crippen molar-refractivity contribution in [1.82, 2.24) is 0 Å². The van der Waals surface area contributed by atoms with Crippen molar-refractivity contribution in [2.45, 2.75) is 13.3 Å². The number of rotatable bonds is 4. The molecular weight excluding hydrogens is 206 g/mol. The van der Waals surface area contributed by atoms with E-state index in [1.165, 1.54) is 7.11 Å². The Balaban J connectivity index is 4.00. The van der Waals surface area contributed by atoms with Crippen LogP contribution in [0.2, 0.25) is 0 Å². The average Bonchev–Trinajstić information content (AvgIpc) is 2.00. The maximum atomic E-state index is 4.75. The molecule has 0 rings (SSSR count). The third-order valence-corrected chi connectivity index (χ3v) is 1.40. The molecule has 0 saturated carbocycles. The fourth-order valence-corrected chi connectivity index (χ4v) is 0.802. The van der Waals surface area contributed by atoms with E-state index in [9.17, 15) is 0 Å². The van der Waals surface area contributed by atoms with Crippen LogP contribution in [0, 0.1) is 0 Å². The summed E-state index contributed by atoms with van der Waals surface area (Å²) in [6.45, 7) is 5.61. The molecular formula is C8H12BrNO. The minimum atomic E-state index is 0.401. The molecule has 0 aliphatic carbocycles. The van der Waals surface area contributed by atoms with Crippen LogP contribution in [0.15, 0.2) is 29.6 Å². The van der Waals surface area contributed by atoms with Gasteiger partial charge in [-0.1, -0.05) is 13.0 Å². The predicted molar refractivity (Wildman–Crippen MR) is 51.9 cm³/mol. The third-order valence-electron chi connectivity index (χ3n) is 0.958. The van der Waals surface area contributed by atoms with Gasteiger partial charge in [0.05, 0.1) is 7.11 Å². The lowest BCUT2D eigenvalue weighted by atomic mass is 10.4. The van der Waals surface area contributed by atoms with Crippen LogP contribution in [0.1, 0.15) is 13.3 Å². The van der Waals surface area contributed by atoms with E-state index >= 15 is 0 Å². The Kier molecular flexibility index (Phi) is 5.84. The first-order chi connectivity index (χ1) is 5.20. The van der Waals surface area contributed by atoms with Crippen molar-refractivity contribution in [3.05, 3.63) is 24.6 Å². The molecule has 0 spiro atoms. The number of methoxy groups -OCH3 is 1. The molecule has 0 bridgehead atoms. The number of allylic oxidation sites excluding steroid dienone is 2. The minimum Gasteiger partial charge on any atom is -0.481 e. The summed E-state index contributed by atoms with van der Waals surface area (Å²) in [6, 6.07) is 0. The molecule has 2 nitrogen and oxygen atoms in total. The lowest BCUT2D eigenvalue weighted by Crippen LogP contribution is -1.84. The number of ether oxygens (including phenoxy) is 1. The Morgan fingerprint density at radius 2 is 2.36 bits per heavy atom. The van der Waals surface area contributed by atoms with Gasteiger partial charge in [0.1, 0.15) is 4.62 Å². The second-order valence-electron chi connectivity index (χ2n) is 1.84. The summed E-state index contributed by atoms with van der Waals surface area (Å²) in [5.41, 5.74) is 0. The van der Waals surface area contributed by atoms with E-state index in [1.54, 1.807) is 0 Å². The highest BCUT2D eigenvalue weighted by Gasteiger charge is 1.87. The van der Waals surface area contributed by atoms with Gasteiger partial charge in [-0.25, -0.2) is 4.99 Å². The first-order valence-electron chi connectivity index (χ1n) is 3.34. The van der Waals surface area contributed by atoms with Gasteiger partial charge >= 0.3 is 0 Å². The van der Waals surface area contributed by atoms with Crippen LogP contribution < -0.4 is 0 Å². The summed E-state index contributed by atoms with van der Waals surface area (Å²) in [6.07, 6.45) is 4.85. The number of aliphatic imine (C=N–C) groups is 1. The fourth-order valence-electron chi connectivity index (χ4n) is 0.417. The van der Waals surface area contributed by atoms with Crippen molar-refractivity contribution < 1.29 is 4.74 Å². The van der Waals surface area contributed by atoms with Crippen LogP contribution in [0.3, 0.4) is 0 Å². The monoisotopic (exact) mass is 217 g/mol. The molecule has 0 heterocycles. The van der Waals surface area contributed by atoms with E-state index in [2.05, 4.69) is 34.4 Å². The molecule has 0 aliphatic rings. The molecule has 11 heavy (non-hydrogen) atoms. The van der Waals surface area contributed by atoms with Crippen LogP contribution in [0.25, 0.3) is 0 Å². The van der Waals surface area contributed by atoms with Crippen molar-refractivity contribution >= 4 is 20.6 Å². The summed E-state index contributed by atoms with van der Waals surface area (Å²) in [5.74, 6) is 0.401. The van der Waals surface area contributed by atoms with Gasteiger partial charge in [-0.3, -0.25) is 0 Å². The molecule has 0 aromatic heterocycles. The molecule has 0 aromatic carbocycles. The molecule has 62 valence electrons. The Morgan fingerprint density at radius 3 is 2.82 bits per heavy atom. The van der Waals surface area contributed by atoms with Gasteiger partial charge in [0.15, 0.2) is 0 Å². The Morgan fingerprint density at radius 1 is 1.73 bits per heavy atom. The second kappa shape index (κ2) is 6.16. The second-order valence-corrected chi connectivity index (χ2v) is 2.66. The molecule has 3 heteroatoms. The Hall–Kier alpha value is -0.570. The number of nitrogens with zero attached hydrogens (tertiary/aromatic N) is 1. The summed E-state index contributed by atoms with van der Waals surface area (Å²) < 4.78 is 5.48. The first-order valence-corrected chi connectivity index (χ1v) is 4.13. The topological polar surface area (TPSA) is 21.6 Å². The van der Waals surface area contributed by atoms with E-state index < -0.39 is 0 Å². The number of hydrogen-bond acceptors (Lipinski definition) is 2. The zero-order valence-corrected chi connectivity index (χ0v) is 8.39. The highest BCUT2D eigenvalue weighted by atomic mass is 79.9. The summed E-state index contributed by atoms with van der Waals surface area (Å²) in [5, 5.41) is 0. The van der Waals surface area contributed by atoms with Crippen LogP contribution in [0.4, 0.5) is 0 Å². The molecule has 0 fully saturated rings. The molecule has 0 aliphatic heterocycles. The van der Waals surface area contributed by atoms with Crippen LogP contribution in [-0.4, -0.2) is 11.7 Å². The van der Waals surface area contributed by atoms with Crippen molar-refractivity contribution in [1.29, 1.82) is 0 Å². The normalized spacial score (nSPS) is 12.1. The lowest BCUT2D eigenvalue weighted by Gasteiger charge is -1.95. The zero-order chi connectivity index (χ0) is 8.69. The number of halogens is 1. The van der Waals surface area contributed by atoms with E-state index in [0.29, 0.717) is 5.88 Å². The van der Waals surface area contributed by atoms with Crippen LogP contribution >= 0.6 is 15.9 Å². The van der Waals surface area contributed by atoms with E-state index in [0.717, 1.165) is 11.0 Å². The maximum absolute atomic E-state index is 4.75. The summed E-state index contributed by atoms with van der Waals surface area (Å²) in [7, 11) is 1.54.